The van der Waals surface area contributed by atoms with E-state index in [1.807, 2.05) is 6.07 Å². The van der Waals surface area contributed by atoms with Crippen molar-refractivity contribution in [2.45, 2.75) is 30.9 Å². The van der Waals surface area contributed by atoms with Gasteiger partial charge in [-0.1, -0.05) is 78.9 Å². The van der Waals surface area contributed by atoms with Crippen LogP contribution >= 0.6 is 0 Å². The van der Waals surface area contributed by atoms with Crippen LogP contribution < -0.4 is 0 Å². The van der Waals surface area contributed by atoms with E-state index in [0.29, 0.717) is 61.8 Å². The molecular weight excluding hydrogens is 1070 g/mol. The molecule has 9 aromatic carbocycles. The van der Waals surface area contributed by atoms with Gasteiger partial charge in [-0.2, -0.15) is 76.4 Å². The maximum Gasteiger partial charge on any atom is 0.417 e. The van der Waals surface area contributed by atoms with Crippen LogP contribution in [0.25, 0.3) is 99.5 Å². The number of para-hydroxylation sites is 2. The third-order valence-electron chi connectivity index (χ3n) is 14.0. The monoisotopic (exact) mass is 1100 g/mol. The number of hydrogen-bond donors (Lipinski definition) is 0. The van der Waals surface area contributed by atoms with Gasteiger partial charge in [0.15, 0.2) is 0 Å². The Morgan fingerprint density at radius 3 is 1.18 bits per heavy atom. The van der Waals surface area contributed by atoms with Crippen LogP contribution in [0.4, 0.5) is 65.9 Å². The van der Waals surface area contributed by atoms with E-state index in [4.69, 9.17) is 0 Å². The molecule has 0 radical (unpaired) electrons. The lowest BCUT2D eigenvalue weighted by Crippen LogP contribution is -2.12. The maximum atomic E-state index is 14.6. The fraction of sp³-hybridized carbons (Fsp3) is 0.0820. The number of hydrogen-bond acceptors (Lipinski definition) is 2. The second-order valence-corrected chi connectivity index (χ2v) is 18.6. The lowest BCUT2D eigenvalue weighted by atomic mass is 9.91. The van der Waals surface area contributed by atoms with Crippen molar-refractivity contribution in [3.8, 4) is 68.0 Å². The summed E-state index contributed by atoms with van der Waals surface area (Å²) in [6, 6.07) is 40.2. The maximum absolute atomic E-state index is 14.6. The van der Waals surface area contributed by atoms with Crippen molar-refractivity contribution in [2.75, 3.05) is 0 Å². The van der Waals surface area contributed by atoms with Gasteiger partial charge in [0.1, 0.15) is 0 Å². The summed E-state index contributed by atoms with van der Waals surface area (Å²) in [5.74, 6) is 0. The number of alkyl halides is 15. The van der Waals surface area contributed by atoms with Crippen LogP contribution in [0.2, 0.25) is 0 Å². The van der Waals surface area contributed by atoms with Crippen molar-refractivity contribution < 1.29 is 65.9 Å². The molecule has 2 aromatic heterocycles. The number of halogens is 15. The van der Waals surface area contributed by atoms with Crippen LogP contribution in [0.15, 0.2) is 176 Å². The molecule has 0 spiro atoms. The average Bonchev–Trinajstić information content (AvgIpc) is 3.93. The molecule has 0 fully saturated rings. The minimum Gasteiger partial charge on any atom is -0.309 e. The fourth-order valence-corrected chi connectivity index (χ4v) is 10.5. The lowest BCUT2D eigenvalue weighted by molar-refractivity contribution is -0.144. The molecule has 0 bridgehead atoms. The van der Waals surface area contributed by atoms with E-state index < -0.39 is 69.8 Å². The molecule has 0 atom stereocenters. The normalized spacial score (nSPS) is 12.7. The van der Waals surface area contributed by atoms with E-state index >= 15 is 0 Å². The Labute approximate surface area is 441 Å². The number of nitrogens with zero attached hydrogens (tertiary/aromatic N) is 4. The zero-order valence-corrected chi connectivity index (χ0v) is 40.2. The summed E-state index contributed by atoms with van der Waals surface area (Å²) < 4.78 is 216. The second-order valence-electron chi connectivity index (χ2n) is 18.6. The van der Waals surface area contributed by atoms with Gasteiger partial charge in [0.2, 0.25) is 0 Å². The topological polar surface area (TPSA) is 57.4 Å². The molecule has 0 aliphatic rings. The standard InChI is InChI=1S/C61H29F15N4/c62-57(63,64)37-15-18-40(36(24-37)31-78)32-12-23-54(79-50-9-3-1-7-43(50)45-25-33(13-21-52(45)79)41-19-16-38(58(65,66)67)28-48(41)60(71,72)73)47(27-32)56-35(30-77)6-5-11-55(56)80-51-10-4-2-8-44(51)46-26-34(14-22-53(46)80)42-20-17-39(59(68,69)70)29-49(42)61(74,75)76/h1-29H. The SMILES string of the molecule is N#Cc1cc(C(F)(F)F)ccc1-c1ccc(-n2c3ccccc3c3cc(-c4ccc(C(F)(F)F)cc4C(F)(F)F)ccc32)c(-c2c(C#N)cccc2-n2c3ccccc3c3cc(-c4ccc(C(F)(F)F)cc4C(F)(F)F)ccc32)c1. The predicted octanol–water partition coefficient (Wildman–Crippen LogP) is 19.4. The Balaban J connectivity index is 1.20. The third kappa shape index (κ3) is 8.98. The minimum absolute atomic E-state index is 0.000915. The number of benzene rings is 9. The molecule has 0 saturated heterocycles. The molecule has 0 aliphatic heterocycles. The molecule has 2 heterocycles. The Morgan fingerprint density at radius 2 is 0.713 bits per heavy atom. The van der Waals surface area contributed by atoms with Crippen LogP contribution in [0, 0.1) is 22.7 Å². The second kappa shape index (κ2) is 18.6. The molecule has 11 rings (SSSR count). The highest BCUT2D eigenvalue weighted by Gasteiger charge is 2.40. The summed E-state index contributed by atoms with van der Waals surface area (Å²) in [5.41, 5.74) is -6.26. The number of aromatic nitrogens is 2. The lowest BCUT2D eigenvalue weighted by Gasteiger charge is -2.21. The highest BCUT2D eigenvalue weighted by Crippen LogP contribution is 2.48. The van der Waals surface area contributed by atoms with Gasteiger partial charge in [-0.25, -0.2) is 0 Å². The molecule has 0 N–H and O–H groups in total. The fourth-order valence-electron chi connectivity index (χ4n) is 10.5. The molecule has 0 amide bonds. The van der Waals surface area contributed by atoms with Gasteiger partial charge in [-0.15, -0.1) is 0 Å². The first-order chi connectivity index (χ1) is 37.8. The summed E-state index contributed by atoms with van der Waals surface area (Å²) in [5, 5.41) is 22.9. The van der Waals surface area contributed by atoms with E-state index in [2.05, 4.69) is 6.07 Å². The summed E-state index contributed by atoms with van der Waals surface area (Å²) in [6.07, 6.45) is -25.5. The van der Waals surface area contributed by atoms with Crippen molar-refractivity contribution in [1.29, 1.82) is 10.5 Å². The van der Waals surface area contributed by atoms with E-state index in [1.54, 1.807) is 81.9 Å². The highest BCUT2D eigenvalue weighted by molar-refractivity contribution is 6.13. The number of rotatable bonds is 6. The van der Waals surface area contributed by atoms with Crippen molar-refractivity contribution >= 4 is 43.6 Å². The first-order valence-electron chi connectivity index (χ1n) is 23.7. The van der Waals surface area contributed by atoms with Gasteiger partial charge in [0, 0.05) is 32.7 Å². The van der Waals surface area contributed by atoms with Crippen LogP contribution in [0.5, 0.6) is 0 Å². The van der Waals surface area contributed by atoms with E-state index in [1.165, 1.54) is 48.5 Å². The van der Waals surface area contributed by atoms with E-state index in [0.717, 1.165) is 24.3 Å². The van der Waals surface area contributed by atoms with Gasteiger partial charge < -0.3 is 9.13 Å². The van der Waals surface area contributed by atoms with Crippen molar-refractivity contribution in [3.63, 3.8) is 0 Å². The van der Waals surface area contributed by atoms with Gasteiger partial charge in [0.05, 0.1) is 84.5 Å². The Hall–Kier alpha value is -9.49. The molecule has 4 nitrogen and oxygen atoms in total. The van der Waals surface area contributed by atoms with Crippen LogP contribution in [0.3, 0.4) is 0 Å². The summed E-state index contributed by atoms with van der Waals surface area (Å²) in [7, 11) is 0. The summed E-state index contributed by atoms with van der Waals surface area (Å²) >= 11 is 0. The molecule has 398 valence electrons. The van der Waals surface area contributed by atoms with Gasteiger partial charge in [-0.3, -0.25) is 0 Å². The molecule has 19 heteroatoms. The summed E-state index contributed by atoms with van der Waals surface area (Å²) in [4.78, 5) is 0. The number of nitriles is 2. The predicted molar refractivity (Wildman–Crippen MR) is 271 cm³/mol. The zero-order chi connectivity index (χ0) is 57.0. The van der Waals surface area contributed by atoms with Gasteiger partial charge in [0.25, 0.3) is 0 Å². The van der Waals surface area contributed by atoms with Gasteiger partial charge >= 0.3 is 30.9 Å². The Bertz CT molecular complexity index is 4440. The molecule has 11 aromatic rings. The van der Waals surface area contributed by atoms with Crippen LogP contribution in [-0.2, 0) is 30.9 Å². The van der Waals surface area contributed by atoms with Crippen LogP contribution in [-0.4, -0.2) is 9.13 Å². The molecule has 0 aliphatic carbocycles. The largest absolute Gasteiger partial charge is 0.417 e. The Morgan fingerprint density at radius 1 is 0.300 bits per heavy atom. The van der Waals surface area contributed by atoms with Crippen molar-refractivity contribution in [2.24, 2.45) is 0 Å². The first-order valence-corrected chi connectivity index (χ1v) is 23.7. The van der Waals surface area contributed by atoms with Gasteiger partial charge in [-0.05, 0) is 130 Å². The van der Waals surface area contributed by atoms with E-state index in [-0.39, 0.29) is 68.0 Å². The van der Waals surface area contributed by atoms with Crippen LogP contribution in [0.1, 0.15) is 38.9 Å². The molecule has 80 heavy (non-hydrogen) atoms. The molecular formula is C61H29F15N4. The van der Waals surface area contributed by atoms with Crippen molar-refractivity contribution in [3.05, 3.63) is 215 Å². The molecule has 0 unspecified atom stereocenters. The average molecular weight is 1100 g/mol. The van der Waals surface area contributed by atoms with Crippen molar-refractivity contribution in [1.82, 2.24) is 9.13 Å². The quantitative estimate of drug-likeness (QED) is 0.156. The molecule has 0 saturated carbocycles. The third-order valence-corrected chi connectivity index (χ3v) is 14.0. The highest BCUT2D eigenvalue weighted by atomic mass is 19.4. The number of fused-ring (bicyclic) bond motifs is 6. The van der Waals surface area contributed by atoms with E-state index in [9.17, 15) is 76.4 Å². The minimum atomic E-state index is -5.22. The summed E-state index contributed by atoms with van der Waals surface area (Å²) in [6.45, 7) is 0. The smallest absolute Gasteiger partial charge is 0.309 e. The first kappa shape index (κ1) is 52.6. The Kier molecular flexibility index (Phi) is 12.2. The zero-order valence-electron chi connectivity index (χ0n) is 40.2.